The summed E-state index contributed by atoms with van der Waals surface area (Å²) in [7, 11) is -3.15. The third-order valence-electron chi connectivity index (χ3n) is 2.94. The Morgan fingerprint density at radius 2 is 2.05 bits per heavy atom. The molecular weight excluding hydrogens is 282 g/mol. The van der Waals surface area contributed by atoms with Crippen LogP contribution < -0.4 is 11.1 Å². The zero-order chi connectivity index (χ0) is 14.8. The molecule has 0 aromatic carbocycles. The van der Waals surface area contributed by atoms with Gasteiger partial charge in [0.15, 0.2) is 9.84 Å². The van der Waals surface area contributed by atoms with Crippen molar-refractivity contribution in [2.75, 3.05) is 18.1 Å². The Kier molecular flexibility index (Phi) is 4.52. The van der Waals surface area contributed by atoms with Crippen molar-refractivity contribution in [3.8, 4) is 0 Å². The third kappa shape index (κ3) is 4.14. The second-order valence-electron chi connectivity index (χ2n) is 5.13. The molecular formula is C12H19N3O2S2. The standard InChI is InChI=1S/C12H19N3O2S2/c1-8-5-9(11(13)18)6-10(15-8)14-7-12(2,3)19(4,16)17/h5-6H,7H2,1-4H3,(H2,13,18)(H,14,15). The lowest BCUT2D eigenvalue weighted by molar-refractivity contribution is 0.559. The average Bonchev–Trinajstić information content (AvgIpc) is 2.24. The smallest absolute Gasteiger partial charge is 0.154 e. The first-order chi connectivity index (χ1) is 8.53. The summed E-state index contributed by atoms with van der Waals surface area (Å²) >= 11 is 4.92. The van der Waals surface area contributed by atoms with Crippen LogP contribution in [-0.2, 0) is 9.84 Å². The van der Waals surface area contributed by atoms with Crippen LogP contribution >= 0.6 is 12.2 Å². The van der Waals surface area contributed by atoms with Crippen molar-refractivity contribution in [3.63, 3.8) is 0 Å². The van der Waals surface area contributed by atoms with Gasteiger partial charge in [-0.2, -0.15) is 0 Å². The summed E-state index contributed by atoms with van der Waals surface area (Å²) in [6, 6.07) is 3.50. The number of rotatable bonds is 5. The molecule has 0 bridgehead atoms. The molecule has 1 rings (SSSR count). The van der Waals surface area contributed by atoms with Gasteiger partial charge in [-0.25, -0.2) is 13.4 Å². The van der Waals surface area contributed by atoms with Crippen LogP contribution in [-0.4, -0.2) is 35.9 Å². The Labute approximate surface area is 119 Å². The second kappa shape index (κ2) is 5.42. The minimum absolute atomic E-state index is 0.263. The number of hydrogen-bond donors (Lipinski definition) is 2. The number of nitrogens with zero attached hydrogens (tertiary/aromatic N) is 1. The quantitative estimate of drug-likeness (QED) is 0.796. The van der Waals surface area contributed by atoms with E-state index in [0.717, 1.165) is 5.69 Å². The van der Waals surface area contributed by atoms with Crippen LogP contribution in [0.5, 0.6) is 0 Å². The van der Waals surface area contributed by atoms with E-state index < -0.39 is 14.6 Å². The van der Waals surface area contributed by atoms with Crippen molar-refractivity contribution >= 4 is 32.9 Å². The Balaban J connectivity index is 2.93. The third-order valence-corrected chi connectivity index (χ3v) is 5.32. The summed E-state index contributed by atoms with van der Waals surface area (Å²) in [5.74, 6) is 0.569. The van der Waals surface area contributed by atoms with Gasteiger partial charge in [0.2, 0.25) is 0 Å². The van der Waals surface area contributed by atoms with Crippen LogP contribution in [0.15, 0.2) is 12.1 Å². The maximum absolute atomic E-state index is 11.6. The topological polar surface area (TPSA) is 85.1 Å². The Morgan fingerprint density at radius 3 is 2.53 bits per heavy atom. The molecule has 0 aliphatic heterocycles. The van der Waals surface area contributed by atoms with Crippen LogP contribution in [0.2, 0.25) is 0 Å². The molecule has 0 radical (unpaired) electrons. The molecule has 0 unspecified atom stereocenters. The number of thiocarbonyl (C=S) groups is 1. The SMILES string of the molecule is Cc1cc(C(N)=S)cc(NCC(C)(C)S(C)(=O)=O)n1. The molecule has 1 heterocycles. The van der Waals surface area contributed by atoms with Gasteiger partial charge in [0.1, 0.15) is 10.8 Å². The van der Waals surface area contributed by atoms with E-state index in [9.17, 15) is 8.42 Å². The van der Waals surface area contributed by atoms with E-state index in [1.54, 1.807) is 26.0 Å². The Hall–Kier alpha value is -1.21. The molecule has 7 heteroatoms. The number of nitrogens with one attached hydrogen (secondary N) is 1. The van der Waals surface area contributed by atoms with Crippen LogP contribution in [0.3, 0.4) is 0 Å². The fraction of sp³-hybridized carbons (Fsp3) is 0.500. The van der Waals surface area contributed by atoms with Gasteiger partial charge in [-0.05, 0) is 32.9 Å². The van der Waals surface area contributed by atoms with Crippen LogP contribution in [0, 0.1) is 6.92 Å². The number of aryl methyl sites for hydroxylation is 1. The van der Waals surface area contributed by atoms with E-state index in [4.69, 9.17) is 18.0 Å². The van der Waals surface area contributed by atoms with Crippen molar-refractivity contribution < 1.29 is 8.42 Å². The molecule has 0 atom stereocenters. The van der Waals surface area contributed by atoms with Gasteiger partial charge >= 0.3 is 0 Å². The molecule has 5 nitrogen and oxygen atoms in total. The largest absolute Gasteiger partial charge is 0.389 e. The number of nitrogens with two attached hydrogens (primary N) is 1. The minimum Gasteiger partial charge on any atom is -0.389 e. The zero-order valence-electron chi connectivity index (χ0n) is 11.5. The van der Waals surface area contributed by atoms with Gasteiger partial charge < -0.3 is 11.1 Å². The molecule has 0 fully saturated rings. The van der Waals surface area contributed by atoms with Gasteiger partial charge in [0.25, 0.3) is 0 Å². The second-order valence-corrected chi connectivity index (χ2v) is 8.22. The fourth-order valence-corrected chi connectivity index (χ4v) is 1.79. The van der Waals surface area contributed by atoms with E-state index in [1.807, 2.05) is 6.92 Å². The highest BCUT2D eigenvalue weighted by Crippen LogP contribution is 2.17. The molecule has 1 aromatic rings. The van der Waals surface area contributed by atoms with E-state index >= 15 is 0 Å². The molecule has 106 valence electrons. The Morgan fingerprint density at radius 1 is 1.47 bits per heavy atom. The lowest BCUT2D eigenvalue weighted by Gasteiger charge is -2.23. The predicted octanol–water partition coefficient (Wildman–Crippen LogP) is 1.26. The van der Waals surface area contributed by atoms with Crippen molar-refractivity contribution in [2.24, 2.45) is 5.73 Å². The summed E-state index contributed by atoms with van der Waals surface area (Å²) in [4.78, 5) is 4.57. The molecule has 0 amide bonds. The van der Waals surface area contributed by atoms with Crippen molar-refractivity contribution in [1.29, 1.82) is 0 Å². The van der Waals surface area contributed by atoms with Crippen molar-refractivity contribution in [2.45, 2.75) is 25.5 Å². The van der Waals surface area contributed by atoms with Crippen LogP contribution in [0.4, 0.5) is 5.82 Å². The van der Waals surface area contributed by atoms with Gasteiger partial charge in [-0.3, -0.25) is 0 Å². The summed E-state index contributed by atoms with van der Waals surface area (Å²) in [5.41, 5.74) is 7.06. The van der Waals surface area contributed by atoms with E-state index in [2.05, 4.69) is 10.3 Å². The predicted molar refractivity (Wildman–Crippen MR) is 82.3 cm³/mol. The van der Waals surface area contributed by atoms with Crippen LogP contribution in [0.1, 0.15) is 25.1 Å². The first-order valence-corrected chi connectivity index (χ1v) is 8.05. The maximum atomic E-state index is 11.6. The fourth-order valence-electron chi connectivity index (χ4n) is 1.34. The number of hydrogen-bond acceptors (Lipinski definition) is 5. The van der Waals surface area contributed by atoms with Gasteiger partial charge in [0, 0.05) is 24.1 Å². The van der Waals surface area contributed by atoms with Gasteiger partial charge in [-0.15, -0.1) is 0 Å². The molecule has 1 aromatic heterocycles. The monoisotopic (exact) mass is 301 g/mol. The number of sulfone groups is 1. The first kappa shape index (κ1) is 15.8. The summed E-state index contributed by atoms with van der Waals surface area (Å²) in [6.07, 6.45) is 1.22. The molecule has 0 saturated carbocycles. The van der Waals surface area contributed by atoms with E-state index in [0.29, 0.717) is 11.4 Å². The number of aromatic nitrogens is 1. The maximum Gasteiger partial charge on any atom is 0.154 e. The number of pyridine rings is 1. The highest BCUT2D eigenvalue weighted by molar-refractivity contribution is 7.92. The molecule has 0 saturated heterocycles. The highest BCUT2D eigenvalue weighted by atomic mass is 32.2. The zero-order valence-corrected chi connectivity index (χ0v) is 13.2. The lowest BCUT2D eigenvalue weighted by atomic mass is 10.2. The minimum atomic E-state index is -3.15. The molecule has 3 N–H and O–H groups in total. The molecule has 0 aliphatic rings. The summed E-state index contributed by atoms with van der Waals surface area (Å²) in [5, 5.41) is 3.02. The highest BCUT2D eigenvalue weighted by Gasteiger charge is 2.29. The lowest BCUT2D eigenvalue weighted by Crippen LogP contribution is -2.38. The normalized spacial score (nSPS) is 12.2. The Bertz CT molecular complexity index is 595. The summed E-state index contributed by atoms with van der Waals surface area (Å²) in [6.45, 7) is 5.42. The van der Waals surface area contributed by atoms with Crippen molar-refractivity contribution in [3.05, 3.63) is 23.4 Å². The summed E-state index contributed by atoms with van der Waals surface area (Å²) < 4.78 is 22.4. The molecule has 19 heavy (non-hydrogen) atoms. The van der Waals surface area contributed by atoms with Crippen molar-refractivity contribution in [1.82, 2.24) is 4.98 Å². The van der Waals surface area contributed by atoms with E-state index in [1.165, 1.54) is 6.26 Å². The molecule has 0 aliphatic carbocycles. The number of anilines is 1. The molecule has 0 spiro atoms. The van der Waals surface area contributed by atoms with Crippen LogP contribution in [0.25, 0.3) is 0 Å². The average molecular weight is 301 g/mol. The van der Waals surface area contributed by atoms with Gasteiger partial charge in [0.05, 0.1) is 4.75 Å². The van der Waals surface area contributed by atoms with E-state index in [-0.39, 0.29) is 11.5 Å². The van der Waals surface area contributed by atoms with Gasteiger partial charge in [-0.1, -0.05) is 12.2 Å². The first-order valence-electron chi connectivity index (χ1n) is 5.75.